The van der Waals surface area contributed by atoms with E-state index < -0.39 is 6.04 Å². The summed E-state index contributed by atoms with van der Waals surface area (Å²) in [5.41, 5.74) is 2.32. The summed E-state index contributed by atoms with van der Waals surface area (Å²) in [4.78, 5) is 35.7. The summed E-state index contributed by atoms with van der Waals surface area (Å²) in [7, 11) is 3.60. The maximum absolute atomic E-state index is 13.6. The Kier molecular flexibility index (Phi) is 11.5. The molecule has 176 valence electrons. The summed E-state index contributed by atoms with van der Waals surface area (Å²) >= 11 is 0. The number of carbonyl (C=O) groups excluding carboxylic acids is 1. The molecule has 0 fully saturated rings. The first kappa shape index (κ1) is 27.0. The molecule has 2 aromatic carbocycles. The van der Waals surface area contributed by atoms with Crippen LogP contribution in [0.2, 0.25) is 0 Å². The van der Waals surface area contributed by atoms with E-state index in [0.717, 1.165) is 17.1 Å². The molecule has 1 amide bonds. The number of nitrogens with zero attached hydrogens (tertiary/aromatic N) is 3. The number of rotatable bonds is 6. The smallest absolute Gasteiger partial charge is 0.290 e. The molecule has 0 bridgehead atoms. The van der Waals surface area contributed by atoms with Gasteiger partial charge in [-0.15, -0.1) is 0 Å². The van der Waals surface area contributed by atoms with Gasteiger partial charge in [-0.2, -0.15) is 0 Å². The topological polar surface area (TPSA) is 125 Å². The highest BCUT2D eigenvalue weighted by molar-refractivity contribution is 5.96. The molecular formula is C23H27FN4O5. The van der Waals surface area contributed by atoms with E-state index in [4.69, 9.17) is 19.8 Å². The summed E-state index contributed by atoms with van der Waals surface area (Å²) in [5.74, 6) is 0.339. The number of imidazole rings is 1. The molecule has 0 spiro atoms. The Morgan fingerprint density at radius 3 is 2.33 bits per heavy atom. The fraction of sp³-hybridized carbons (Fsp3) is 0.217. The van der Waals surface area contributed by atoms with Gasteiger partial charge in [-0.25, -0.2) is 9.37 Å². The lowest BCUT2D eigenvalue weighted by Crippen LogP contribution is -2.32. The van der Waals surface area contributed by atoms with Crippen LogP contribution in [0.3, 0.4) is 0 Å². The van der Waals surface area contributed by atoms with E-state index in [1.165, 1.54) is 12.1 Å². The van der Waals surface area contributed by atoms with Crippen molar-refractivity contribution in [2.24, 2.45) is 0 Å². The quantitative estimate of drug-likeness (QED) is 0.485. The molecule has 1 aromatic heterocycles. The van der Waals surface area contributed by atoms with Gasteiger partial charge in [-0.05, 0) is 50.3 Å². The van der Waals surface area contributed by atoms with E-state index in [2.05, 4.69) is 10.3 Å². The number of nitrogens with one attached hydrogen (secondary N) is 1. The summed E-state index contributed by atoms with van der Waals surface area (Å²) in [6.45, 7) is 2.04. The van der Waals surface area contributed by atoms with Crippen LogP contribution in [-0.4, -0.2) is 57.6 Å². The Bertz CT molecular complexity index is 1030. The molecule has 1 atom stereocenters. The zero-order valence-electron chi connectivity index (χ0n) is 18.6. The average Bonchev–Trinajstić information content (AvgIpc) is 3.15. The van der Waals surface area contributed by atoms with Crippen LogP contribution >= 0.6 is 0 Å². The second kappa shape index (κ2) is 14.1. The third-order valence-electron chi connectivity index (χ3n) is 4.47. The second-order valence-corrected chi connectivity index (χ2v) is 6.88. The van der Waals surface area contributed by atoms with E-state index in [1.54, 1.807) is 37.3 Å². The lowest BCUT2D eigenvalue weighted by atomic mass is 10.0. The van der Waals surface area contributed by atoms with Gasteiger partial charge >= 0.3 is 0 Å². The van der Waals surface area contributed by atoms with Gasteiger partial charge < -0.3 is 20.1 Å². The Balaban J connectivity index is 0.000000819. The largest absolute Gasteiger partial charge is 0.483 e. The zero-order valence-corrected chi connectivity index (χ0v) is 18.6. The zero-order chi connectivity index (χ0) is 24.8. The number of halogens is 1. The number of carboxylic acid groups (broad SMARTS) is 2. The molecule has 0 aliphatic heterocycles. The lowest BCUT2D eigenvalue weighted by Gasteiger charge is -2.24. The number of para-hydroxylation sites is 1. The summed E-state index contributed by atoms with van der Waals surface area (Å²) in [6.07, 6.45) is 3.66. The van der Waals surface area contributed by atoms with Crippen molar-refractivity contribution >= 4 is 24.5 Å². The van der Waals surface area contributed by atoms with Crippen molar-refractivity contribution in [3.8, 4) is 0 Å². The van der Waals surface area contributed by atoms with Gasteiger partial charge in [0.15, 0.2) is 0 Å². The van der Waals surface area contributed by atoms with Crippen LogP contribution in [0.1, 0.15) is 23.0 Å². The molecule has 10 heteroatoms. The van der Waals surface area contributed by atoms with Gasteiger partial charge in [0.05, 0.1) is 6.54 Å². The van der Waals surface area contributed by atoms with Crippen LogP contribution in [0.25, 0.3) is 0 Å². The molecule has 3 N–H and O–H groups in total. The maximum atomic E-state index is 13.6. The summed E-state index contributed by atoms with van der Waals surface area (Å²) in [6, 6.07) is 13.2. The Labute approximate surface area is 191 Å². The van der Waals surface area contributed by atoms with Gasteiger partial charge in [0.2, 0.25) is 5.91 Å². The molecule has 0 saturated heterocycles. The SMILES string of the molecule is Cc1nccn1Cc1ccccc1NC(=O)C(c1cccc(F)c1)N(C)C.O=CO.O=CO. The predicted octanol–water partition coefficient (Wildman–Crippen LogP) is 3.02. The van der Waals surface area contributed by atoms with Crippen molar-refractivity contribution in [3.63, 3.8) is 0 Å². The molecule has 1 heterocycles. The van der Waals surface area contributed by atoms with E-state index in [9.17, 15) is 9.18 Å². The summed E-state index contributed by atoms with van der Waals surface area (Å²) < 4.78 is 15.7. The molecule has 3 rings (SSSR count). The number of benzene rings is 2. The van der Waals surface area contributed by atoms with Crippen LogP contribution in [0.5, 0.6) is 0 Å². The van der Waals surface area contributed by atoms with Crippen molar-refractivity contribution < 1.29 is 29.0 Å². The third-order valence-corrected chi connectivity index (χ3v) is 4.47. The molecule has 0 saturated carbocycles. The van der Waals surface area contributed by atoms with Crippen molar-refractivity contribution in [1.29, 1.82) is 0 Å². The molecule has 0 aliphatic carbocycles. The number of likely N-dealkylation sites (N-methyl/N-ethyl adjacent to an activating group) is 1. The molecule has 1 unspecified atom stereocenters. The average molecular weight is 458 g/mol. The molecule has 33 heavy (non-hydrogen) atoms. The number of hydrogen-bond donors (Lipinski definition) is 3. The van der Waals surface area contributed by atoms with Crippen molar-refractivity contribution in [2.75, 3.05) is 19.4 Å². The Morgan fingerprint density at radius 2 is 1.79 bits per heavy atom. The van der Waals surface area contributed by atoms with Gasteiger partial charge in [0.25, 0.3) is 12.9 Å². The van der Waals surface area contributed by atoms with Crippen LogP contribution < -0.4 is 5.32 Å². The molecule has 9 nitrogen and oxygen atoms in total. The minimum absolute atomic E-state index is 0.208. The minimum atomic E-state index is -0.594. The monoisotopic (exact) mass is 458 g/mol. The second-order valence-electron chi connectivity index (χ2n) is 6.88. The standard InChI is InChI=1S/C21H23FN4O.2CH2O2/c1-15-23-11-12-26(15)14-17-7-4-5-10-19(17)24-21(27)20(25(2)3)16-8-6-9-18(22)13-16;2*2-1-3/h4-13,20H,14H2,1-3H3,(H,24,27);2*1H,(H,2,3). The third kappa shape index (κ3) is 8.54. The number of aryl methyl sites for hydroxylation is 1. The predicted molar refractivity (Wildman–Crippen MR) is 121 cm³/mol. The number of hydrogen-bond acceptors (Lipinski definition) is 5. The highest BCUT2D eigenvalue weighted by Gasteiger charge is 2.24. The van der Waals surface area contributed by atoms with Crippen molar-refractivity contribution in [1.82, 2.24) is 14.5 Å². The van der Waals surface area contributed by atoms with Crippen LogP contribution in [0.4, 0.5) is 10.1 Å². The normalized spacial score (nSPS) is 10.7. The lowest BCUT2D eigenvalue weighted by molar-refractivity contribution is -0.123. The number of aromatic nitrogens is 2. The number of amides is 1. The highest BCUT2D eigenvalue weighted by atomic mass is 19.1. The summed E-state index contributed by atoms with van der Waals surface area (Å²) in [5, 5.41) is 16.8. The van der Waals surface area contributed by atoms with Crippen LogP contribution in [0.15, 0.2) is 60.9 Å². The number of anilines is 1. The van der Waals surface area contributed by atoms with Crippen LogP contribution in [0, 0.1) is 12.7 Å². The first-order valence-electron chi connectivity index (χ1n) is 9.73. The fourth-order valence-corrected chi connectivity index (χ4v) is 3.10. The van der Waals surface area contributed by atoms with Crippen LogP contribution in [-0.2, 0) is 20.9 Å². The van der Waals surface area contributed by atoms with Crippen molar-refractivity contribution in [2.45, 2.75) is 19.5 Å². The Morgan fingerprint density at radius 1 is 1.15 bits per heavy atom. The molecule has 0 radical (unpaired) electrons. The van der Waals surface area contributed by atoms with E-state index in [-0.39, 0.29) is 24.7 Å². The number of carbonyl (C=O) groups is 3. The van der Waals surface area contributed by atoms with E-state index in [0.29, 0.717) is 12.1 Å². The van der Waals surface area contributed by atoms with Gasteiger partial charge in [0.1, 0.15) is 17.7 Å². The van der Waals surface area contributed by atoms with E-state index in [1.807, 2.05) is 42.0 Å². The van der Waals surface area contributed by atoms with Crippen molar-refractivity contribution in [3.05, 3.63) is 83.7 Å². The first-order chi connectivity index (χ1) is 15.8. The first-order valence-corrected chi connectivity index (χ1v) is 9.73. The van der Waals surface area contributed by atoms with Gasteiger partial charge in [-0.1, -0.05) is 30.3 Å². The Hall–Kier alpha value is -4.05. The van der Waals surface area contributed by atoms with E-state index >= 15 is 0 Å². The minimum Gasteiger partial charge on any atom is -0.483 e. The molecule has 3 aromatic rings. The molecule has 0 aliphatic rings. The van der Waals surface area contributed by atoms with Gasteiger partial charge in [-0.3, -0.25) is 19.3 Å². The maximum Gasteiger partial charge on any atom is 0.290 e. The fourth-order valence-electron chi connectivity index (χ4n) is 3.10. The van der Waals surface area contributed by atoms with Gasteiger partial charge in [0, 0.05) is 18.1 Å². The molecular weight excluding hydrogens is 431 g/mol. The highest BCUT2D eigenvalue weighted by Crippen LogP contribution is 2.23.